The van der Waals surface area contributed by atoms with Gasteiger partial charge in [0.2, 0.25) is 0 Å². The van der Waals surface area contributed by atoms with Gasteiger partial charge in [-0.05, 0) is 20.3 Å². The molecule has 1 aromatic heterocycles. The minimum absolute atomic E-state index is 0.314. The lowest BCUT2D eigenvalue weighted by Gasteiger charge is -2.27. The Morgan fingerprint density at radius 1 is 1.24 bits per heavy atom. The van der Waals surface area contributed by atoms with E-state index in [1.54, 1.807) is 13.8 Å². The molecule has 0 bridgehead atoms. The second-order valence-corrected chi connectivity index (χ2v) is 7.21. The number of aryl methyl sites for hydroxylation is 2. The minimum Gasteiger partial charge on any atom is -0.361 e. The van der Waals surface area contributed by atoms with E-state index in [4.69, 9.17) is 4.52 Å². The molecule has 0 aromatic carbocycles. The van der Waals surface area contributed by atoms with Gasteiger partial charge in [-0.3, -0.25) is 14.6 Å². The fourth-order valence-electron chi connectivity index (χ4n) is 2.30. The van der Waals surface area contributed by atoms with Crippen molar-refractivity contribution in [1.82, 2.24) is 15.2 Å². The summed E-state index contributed by atoms with van der Waals surface area (Å²) in [6.45, 7) is 3.94. The van der Waals surface area contributed by atoms with Crippen LogP contribution in [-0.4, -0.2) is 60.5 Å². The van der Waals surface area contributed by atoms with E-state index < -0.39 is 27.4 Å². The van der Waals surface area contributed by atoms with Crippen LogP contribution in [0, 0.1) is 13.8 Å². The number of sulfone groups is 1. The van der Waals surface area contributed by atoms with Gasteiger partial charge in [-0.1, -0.05) is 5.16 Å². The zero-order chi connectivity index (χ0) is 15.8. The van der Waals surface area contributed by atoms with Crippen LogP contribution in [0.3, 0.4) is 0 Å². The number of carbonyl (C=O) groups is 2. The molecule has 0 atom stereocenters. The number of hydrogen-bond donors (Lipinski definition) is 0. The predicted molar refractivity (Wildman–Crippen MR) is 73.1 cm³/mol. The maximum Gasteiger partial charge on any atom is 0.277 e. The number of amides is 2. The lowest BCUT2D eigenvalue weighted by molar-refractivity contribution is -0.137. The van der Waals surface area contributed by atoms with Gasteiger partial charge in [0.25, 0.3) is 11.8 Å². The van der Waals surface area contributed by atoms with Crippen molar-refractivity contribution >= 4 is 21.7 Å². The molecule has 0 saturated carbocycles. The molecule has 0 spiro atoms. The predicted octanol–water partition coefficient (Wildman–Crippen LogP) is -0.0745. The molecule has 2 heterocycles. The van der Waals surface area contributed by atoms with Crippen molar-refractivity contribution in [3.63, 3.8) is 0 Å². The second-order valence-electron chi connectivity index (χ2n) is 5.07. The largest absolute Gasteiger partial charge is 0.361 e. The van der Waals surface area contributed by atoms with Crippen molar-refractivity contribution < 1.29 is 22.5 Å². The molecule has 9 heteroatoms. The highest BCUT2D eigenvalue weighted by Gasteiger charge is 2.34. The van der Waals surface area contributed by atoms with Crippen LogP contribution in [-0.2, 0) is 14.6 Å². The average molecular weight is 315 g/mol. The Morgan fingerprint density at radius 2 is 1.86 bits per heavy atom. The molecule has 0 N–H and O–H groups in total. The van der Waals surface area contributed by atoms with E-state index in [1.165, 1.54) is 10.0 Å². The topological polar surface area (TPSA) is 101 Å². The lowest BCUT2D eigenvalue weighted by Crippen LogP contribution is -2.47. The van der Waals surface area contributed by atoms with Crippen molar-refractivity contribution in [3.05, 3.63) is 17.0 Å². The molecule has 0 radical (unpaired) electrons. The summed E-state index contributed by atoms with van der Waals surface area (Å²) in [5.74, 6) is -1.24. The van der Waals surface area contributed by atoms with Gasteiger partial charge in [0.05, 0.1) is 5.69 Å². The van der Waals surface area contributed by atoms with Gasteiger partial charge in [-0.25, -0.2) is 13.4 Å². The molecular weight excluding hydrogens is 298 g/mol. The first-order valence-corrected chi connectivity index (χ1v) is 8.49. The molecule has 0 unspecified atom stereocenters. The molecule has 1 saturated heterocycles. The molecule has 2 amide bonds. The summed E-state index contributed by atoms with van der Waals surface area (Å²) in [5, 5.41) is 6.17. The van der Waals surface area contributed by atoms with E-state index in [-0.39, 0.29) is 0 Å². The van der Waals surface area contributed by atoms with Gasteiger partial charge in [0, 0.05) is 19.3 Å². The molecule has 116 valence electrons. The molecule has 1 aliphatic rings. The van der Waals surface area contributed by atoms with Gasteiger partial charge < -0.3 is 4.52 Å². The molecule has 0 aliphatic carbocycles. The molecule has 1 aliphatic heterocycles. The van der Waals surface area contributed by atoms with Gasteiger partial charge in [0.15, 0.2) is 9.84 Å². The Hall–Kier alpha value is -1.90. The zero-order valence-electron chi connectivity index (χ0n) is 12.1. The summed E-state index contributed by atoms with van der Waals surface area (Å²) in [7, 11) is -3.44. The average Bonchev–Trinajstić information content (AvgIpc) is 2.94. The second kappa shape index (κ2) is 5.47. The Balaban J connectivity index is 2.23. The Morgan fingerprint density at radius 3 is 2.38 bits per heavy atom. The van der Waals surface area contributed by atoms with E-state index in [1.807, 2.05) is 0 Å². The smallest absolute Gasteiger partial charge is 0.277 e. The first kappa shape index (κ1) is 15.5. The fraction of sp³-hybridized carbons (Fsp3) is 0.583. The van der Waals surface area contributed by atoms with E-state index in [2.05, 4.69) is 5.16 Å². The monoisotopic (exact) mass is 315 g/mol. The summed E-state index contributed by atoms with van der Waals surface area (Å²) < 4.78 is 27.4. The number of hydrogen-bond acceptors (Lipinski definition) is 6. The van der Waals surface area contributed by atoms with Crippen molar-refractivity contribution in [2.75, 3.05) is 25.1 Å². The number of hydrazine groups is 1. The SMILES string of the molecule is Cc1noc(C)c1C(=O)N1CCCN1C(=O)CS(C)(=O)=O. The standard InChI is InChI=1S/C12H17N3O5S/c1-8-11(9(2)20-13-8)12(17)15-6-4-5-14(15)10(16)7-21(3,18)19/h4-7H2,1-3H3. The zero-order valence-corrected chi connectivity index (χ0v) is 12.9. The highest BCUT2D eigenvalue weighted by atomic mass is 32.2. The van der Waals surface area contributed by atoms with E-state index in [9.17, 15) is 18.0 Å². The van der Waals surface area contributed by atoms with E-state index >= 15 is 0 Å². The lowest BCUT2D eigenvalue weighted by atomic mass is 10.2. The first-order chi connectivity index (χ1) is 9.70. The molecule has 2 rings (SSSR count). The third-order valence-corrected chi connectivity index (χ3v) is 3.96. The summed E-state index contributed by atoms with van der Waals surface area (Å²) >= 11 is 0. The highest BCUT2D eigenvalue weighted by molar-refractivity contribution is 7.91. The van der Waals surface area contributed by atoms with Crippen LogP contribution in [0.2, 0.25) is 0 Å². The quantitative estimate of drug-likeness (QED) is 0.773. The molecule has 1 aromatic rings. The Kier molecular flexibility index (Phi) is 4.04. The van der Waals surface area contributed by atoms with Crippen LogP contribution in [0.5, 0.6) is 0 Å². The third-order valence-electron chi connectivity index (χ3n) is 3.19. The number of nitrogens with zero attached hydrogens (tertiary/aromatic N) is 3. The van der Waals surface area contributed by atoms with Crippen LogP contribution in [0.4, 0.5) is 0 Å². The van der Waals surface area contributed by atoms with Crippen molar-refractivity contribution in [2.45, 2.75) is 20.3 Å². The number of carbonyl (C=O) groups excluding carboxylic acids is 2. The number of rotatable bonds is 3. The third kappa shape index (κ3) is 3.23. The van der Waals surface area contributed by atoms with Crippen LogP contribution in [0.1, 0.15) is 28.2 Å². The molecular formula is C12H17N3O5S. The van der Waals surface area contributed by atoms with E-state index in [0.29, 0.717) is 36.5 Å². The van der Waals surface area contributed by atoms with Gasteiger partial charge in [-0.15, -0.1) is 0 Å². The Bertz CT molecular complexity index is 660. The van der Waals surface area contributed by atoms with E-state index in [0.717, 1.165) is 6.26 Å². The van der Waals surface area contributed by atoms with Crippen LogP contribution in [0.15, 0.2) is 4.52 Å². The first-order valence-electron chi connectivity index (χ1n) is 6.43. The van der Waals surface area contributed by atoms with Crippen LogP contribution < -0.4 is 0 Å². The molecule has 8 nitrogen and oxygen atoms in total. The van der Waals surface area contributed by atoms with Gasteiger partial charge in [0.1, 0.15) is 17.1 Å². The summed E-state index contributed by atoms with van der Waals surface area (Å²) in [5.41, 5.74) is 0.758. The maximum absolute atomic E-state index is 12.5. The van der Waals surface area contributed by atoms with Crippen LogP contribution in [0.25, 0.3) is 0 Å². The minimum atomic E-state index is -3.44. The molecule has 21 heavy (non-hydrogen) atoms. The Labute approximate surface area is 122 Å². The van der Waals surface area contributed by atoms with Gasteiger partial charge >= 0.3 is 0 Å². The van der Waals surface area contributed by atoms with Crippen molar-refractivity contribution in [1.29, 1.82) is 0 Å². The summed E-state index contributed by atoms with van der Waals surface area (Å²) in [6, 6.07) is 0. The normalized spacial score (nSPS) is 15.6. The fourth-order valence-corrected chi connectivity index (χ4v) is 2.90. The summed E-state index contributed by atoms with van der Waals surface area (Å²) in [6.07, 6.45) is 1.59. The van der Waals surface area contributed by atoms with Crippen LogP contribution >= 0.6 is 0 Å². The van der Waals surface area contributed by atoms with Crippen molar-refractivity contribution in [2.24, 2.45) is 0 Å². The summed E-state index contributed by atoms with van der Waals surface area (Å²) in [4.78, 5) is 24.5. The van der Waals surface area contributed by atoms with Gasteiger partial charge in [-0.2, -0.15) is 0 Å². The van der Waals surface area contributed by atoms with Crippen molar-refractivity contribution in [3.8, 4) is 0 Å². The molecule has 1 fully saturated rings. The maximum atomic E-state index is 12.5. The number of aromatic nitrogens is 1. The highest BCUT2D eigenvalue weighted by Crippen LogP contribution is 2.20.